The van der Waals surface area contributed by atoms with Gasteiger partial charge in [-0.25, -0.2) is 0 Å². The van der Waals surface area contributed by atoms with Crippen molar-refractivity contribution in [2.24, 2.45) is 10.5 Å². The molecule has 1 saturated heterocycles. The van der Waals surface area contributed by atoms with Crippen molar-refractivity contribution >= 4 is 24.5 Å². The summed E-state index contributed by atoms with van der Waals surface area (Å²) < 4.78 is 16.8. The minimum Gasteiger partial charge on any atom is -0.315 e. The van der Waals surface area contributed by atoms with Crippen LogP contribution in [0.1, 0.15) is 46.0 Å². The molecule has 2 heterocycles. The molecule has 2 aromatic carbocycles. The van der Waals surface area contributed by atoms with Crippen LogP contribution in [0, 0.1) is 5.41 Å². The summed E-state index contributed by atoms with van der Waals surface area (Å²) in [6.07, 6.45) is 5.59. The first kappa shape index (κ1) is 20.5. The number of likely N-dealkylation sites (tertiary alicyclic amines) is 1. The maximum atomic E-state index is 15.0. The molecule has 1 atom stereocenters. The fourth-order valence-corrected chi connectivity index (χ4v) is 7.86. The third-order valence-corrected chi connectivity index (χ3v) is 9.12. The molecule has 5 nitrogen and oxygen atoms in total. The van der Waals surface area contributed by atoms with Gasteiger partial charge in [0.15, 0.2) is 0 Å². The highest BCUT2D eigenvalue weighted by Gasteiger charge is 2.52. The van der Waals surface area contributed by atoms with Gasteiger partial charge >= 0.3 is 7.44 Å². The van der Waals surface area contributed by atoms with Gasteiger partial charge in [0.2, 0.25) is 0 Å². The number of nitrogens with zero attached hydrogens (tertiary/aromatic N) is 2. The highest BCUT2D eigenvalue weighted by atomic mass is 31.2. The Kier molecular flexibility index (Phi) is 5.27. The minimum absolute atomic E-state index is 0.117. The largest absolute Gasteiger partial charge is 0.317 e. The van der Waals surface area contributed by atoms with Gasteiger partial charge in [-0.2, -0.15) is 9.88 Å². The Balaban J connectivity index is 1.68. The summed E-state index contributed by atoms with van der Waals surface area (Å²) in [6, 6.07) is 19.9. The molecule has 1 aliphatic carbocycles. The number of nitrogens with one attached hydrogen (secondary N) is 2. The van der Waals surface area contributed by atoms with E-state index in [-0.39, 0.29) is 5.41 Å². The van der Waals surface area contributed by atoms with Crippen molar-refractivity contribution in [1.82, 2.24) is 0 Å². The SMILES string of the molecule is CC1(C)CC2=NN(c3ccccc3)[P@](=O)(Nc3ccccc3)C2=C([NH+]2CCCCC2)C1. The number of fused-ring (bicyclic) bond motifs is 1. The van der Waals surface area contributed by atoms with Crippen LogP contribution in [0.4, 0.5) is 11.4 Å². The van der Waals surface area contributed by atoms with E-state index in [1.807, 2.05) is 60.7 Å². The first-order valence-electron chi connectivity index (χ1n) is 11.4. The number of piperidine rings is 1. The molecule has 2 N–H and O–H groups in total. The van der Waals surface area contributed by atoms with Crippen molar-refractivity contribution in [2.75, 3.05) is 23.0 Å². The maximum Gasteiger partial charge on any atom is 0.317 e. The summed E-state index contributed by atoms with van der Waals surface area (Å²) in [7, 11) is -3.20. The number of anilines is 2. The Morgan fingerprint density at radius 1 is 0.935 bits per heavy atom. The molecule has 0 bridgehead atoms. The van der Waals surface area contributed by atoms with Gasteiger partial charge in [0.1, 0.15) is 11.0 Å². The van der Waals surface area contributed by atoms with Crippen molar-refractivity contribution in [2.45, 2.75) is 46.0 Å². The smallest absolute Gasteiger partial charge is 0.315 e. The first-order valence-corrected chi connectivity index (χ1v) is 13.1. The monoisotopic (exact) mass is 435 g/mol. The number of benzene rings is 2. The molecule has 2 aliphatic heterocycles. The maximum absolute atomic E-state index is 15.0. The highest BCUT2D eigenvalue weighted by Crippen LogP contribution is 2.65. The molecule has 5 rings (SSSR count). The number of hydrogen-bond donors (Lipinski definition) is 2. The van der Waals surface area contributed by atoms with Gasteiger partial charge in [0, 0.05) is 12.1 Å². The zero-order valence-corrected chi connectivity index (χ0v) is 19.4. The van der Waals surface area contributed by atoms with E-state index in [9.17, 15) is 4.57 Å². The third kappa shape index (κ3) is 3.86. The molecule has 2 aromatic rings. The van der Waals surface area contributed by atoms with E-state index >= 15 is 0 Å². The predicted octanol–water partition coefficient (Wildman–Crippen LogP) is 5.27. The number of para-hydroxylation sites is 2. The molecular weight excluding hydrogens is 403 g/mol. The van der Waals surface area contributed by atoms with Crippen LogP contribution in [-0.2, 0) is 4.57 Å². The third-order valence-electron chi connectivity index (χ3n) is 6.57. The van der Waals surface area contributed by atoms with Crippen LogP contribution in [0.3, 0.4) is 0 Å². The Morgan fingerprint density at radius 2 is 1.58 bits per heavy atom. The second-order valence-electron chi connectivity index (χ2n) is 9.73. The number of hydrazone groups is 1. The van der Waals surface area contributed by atoms with Crippen molar-refractivity contribution in [1.29, 1.82) is 0 Å². The van der Waals surface area contributed by atoms with E-state index in [1.54, 1.807) is 4.78 Å². The molecule has 0 unspecified atom stereocenters. The molecule has 0 aromatic heterocycles. The molecule has 162 valence electrons. The summed E-state index contributed by atoms with van der Waals surface area (Å²) in [5.74, 6) is 0. The Morgan fingerprint density at radius 3 is 2.26 bits per heavy atom. The van der Waals surface area contributed by atoms with Gasteiger partial charge < -0.3 is 9.99 Å². The molecular formula is C25H32N4OP+. The van der Waals surface area contributed by atoms with Crippen LogP contribution in [-0.4, -0.2) is 18.8 Å². The summed E-state index contributed by atoms with van der Waals surface area (Å²) in [6.45, 7) is 6.88. The number of quaternary nitrogens is 1. The van der Waals surface area contributed by atoms with Crippen LogP contribution in [0.2, 0.25) is 0 Å². The van der Waals surface area contributed by atoms with E-state index in [4.69, 9.17) is 5.10 Å². The minimum atomic E-state index is -3.20. The second kappa shape index (κ2) is 7.96. The molecule has 3 aliphatic rings. The molecule has 0 radical (unpaired) electrons. The molecule has 0 amide bonds. The average Bonchev–Trinajstić information content (AvgIpc) is 3.06. The average molecular weight is 436 g/mol. The number of rotatable bonds is 4. The van der Waals surface area contributed by atoms with E-state index in [2.05, 4.69) is 18.9 Å². The van der Waals surface area contributed by atoms with Gasteiger partial charge in [0.05, 0.1) is 24.5 Å². The van der Waals surface area contributed by atoms with Crippen molar-refractivity contribution in [3.05, 3.63) is 71.7 Å². The fourth-order valence-electron chi connectivity index (χ4n) is 5.19. The summed E-state index contributed by atoms with van der Waals surface area (Å²) in [5.41, 5.74) is 4.18. The van der Waals surface area contributed by atoms with E-state index in [0.29, 0.717) is 0 Å². The van der Waals surface area contributed by atoms with Gasteiger partial charge in [0.25, 0.3) is 0 Å². The van der Waals surface area contributed by atoms with Gasteiger partial charge in [-0.3, -0.25) is 4.57 Å². The van der Waals surface area contributed by atoms with Crippen molar-refractivity contribution in [3.8, 4) is 0 Å². The van der Waals surface area contributed by atoms with Crippen LogP contribution in [0.25, 0.3) is 0 Å². The highest BCUT2D eigenvalue weighted by molar-refractivity contribution is 7.73. The van der Waals surface area contributed by atoms with E-state index in [1.165, 1.54) is 29.9 Å². The summed E-state index contributed by atoms with van der Waals surface area (Å²) >= 11 is 0. The van der Waals surface area contributed by atoms with Crippen molar-refractivity contribution in [3.63, 3.8) is 0 Å². The van der Waals surface area contributed by atoms with Gasteiger partial charge in [-0.05, 0) is 55.4 Å². The van der Waals surface area contributed by atoms with Crippen LogP contribution >= 0.6 is 7.44 Å². The summed E-state index contributed by atoms with van der Waals surface area (Å²) in [5, 5.41) is 9.46. The predicted molar refractivity (Wildman–Crippen MR) is 129 cm³/mol. The Labute approximate surface area is 185 Å². The quantitative estimate of drug-likeness (QED) is 0.644. The van der Waals surface area contributed by atoms with Crippen LogP contribution in [0.15, 0.2) is 76.8 Å². The second-order valence-corrected chi connectivity index (χ2v) is 11.9. The first-order chi connectivity index (χ1) is 15.0. The number of hydrogen-bond acceptors (Lipinski definition) is 2. The van der Waals surface area contributed by atoms with Crippen LogP contribution < -0.4 is 14.8 Å². The van der Waals surface area contributed by atoms with E-state index in [0.717, 1.165) is 48.3 Å². The summed E-state index contributed by atoms with van der Waals surface area (Å²) in [4.78, 5) is 1.51. The fraction of sp³-hybridized carbons (Fsp3) is 0.400. The lowest BCUT2D eigenvalue weighted by Gasteiger charge is -2.37. The molecule has 1 fully saturated rings. The normalized spacial score (nSPS) is 25.9. The lowest BCUT2D eigenvalue weighted by Crippen LogP contribution is -3.11. The Bertz CT molecular complexity index is 1060. The zero-order valence-electron chi connectivity index (χ0n) is 18.5. The lowest BCUT2D eigenvalue weighted by molar-refractivity contribution is -0.868. The molecule has 0 saturated carbocycles. The lowest BCUT2D eigenvalue weighted by atomic mass is 9.78. The van der Waals surface area contributed by atoms with Gasteiger partial charge in [-0.1, -0.05) is 50.2 Å². The standard InChI is InChI=1S/C25H31N4OP/c1-25(2)18-22-24(23(19-25)28-16-10-5-11-17-28)31(30,27-20-12-6-3-7-13-20)29(26-22)21-14-8-4-9-15-21/h3-4,6-9,12-15H,5,10-11,16-19H2,1-2H3,(H,27,30)/p+1/t31-/m1/s1. The Hall–Kier alpha value is -2.36. The van der Waals surface area contributed by atoms with Crippen LogP contribution in [0.5, 0.6) is 0 Å². The zero-order chi connectivity index (χ0) is 21.5. The van der Waals surface area contributed by atoms with Crippen molar-refractivity contribution < 1.29 is 9.46 Å². The molecule has 6 heteroatoms. The molecule has 31 heavy (non-hydrogen) atoms. The number of allylic oxidation sites excluding steroid dienone is 2. The molecule has 0 spiro atoms. The van der Waals surface area contributed by atoms with E-state index < -0.39 is 7.44 Å². The van der Waals surface area contributed by atoms with Gasteiger partial charge in [-0.15, -0.1) is 0 Å². The topological polar surface area (TPSA) is 49.1 Å².